The van der Waals surface area contributed by atoms with E-state index in [9.17, 15) is 0 Å². The van der Waals surface area contributed by atoms with Gasteiger partial charge in [0, 0.05) is 0 Å². The van der Waals surface area contributed by atoms with Gasteiger partial charge in [-0.15, -0.1) is 0 Å². The van der Waals surface area contributed by atoms with Gasteiger partial charge in [-0.05, 0) is 0 Å². The molecule has 0 unspecified atom stereocenters. The Hall–Kier alpha value is -10.7. The molecule has 4 aliphatic rings. The summed E-state index contributed by atoms with van der Waals surface area (Å²) in [4.78, 5) is 10.6. The second-order valence-corrected chi connectivity index (χ2v) is 29.2. The third-order valence-electron chi connectivity index (χ3n) is 20.0. The summed E-state index contributed by atoms with van der Waals surface area (Å²) in [6.45, 7) is -0.134. The van der Waals surface area contributed by atoms with E-state index in [0.29, 0.717) is 0 Å². The fourth-order valence-electron chi connectivity index (χ4n) is 16.4. The monoisotopic (exact) mass is 1300 g/mol. The van der Waals surface area contributed by atoms with Gasteiger partial charge in [0.15, 0.2) is 0 Å². The Morgan fingerprint density at radius 1 is 0.228 bits per heavy atom. The molecule has 21 rings (SSSR count). The SMILES string of the molecule is c1ccc(N2c3cc4c(cc3B3c5[se]c6ccccc6c5N(c5ccccc5)c5cc(-n6c7ccccc7c7ccccc76)cc2c53)B2c3[se]c5ccccc5c3N(c3ccccc3)c3cc(-n5c6ccccc6c6ccccc65)cc(c32)N4c2ccccc2)cc1. The molecule has 0 fully saturated rings. The van der Waals surface area contributed by atoms with Gasteiger partial charge in [-0.1, -0.05) is 0 Å². The fourth-order valence-corrected chi connectivity index (χ4v) is 21.9. The first-order valence-corrected chi connectivity index (χ1v) is 35.1. The van der Waals surface area contributed by atoms with Gasteiger partial charge < -0.3 is 0 Å². The zero-order valence-electron chi connectivity index (χ0n) is 49.5. The van der Waals surface area contributed by atoms with E-state index >= 15 is 0 Å². The molecule has 8 heterocycles. The Bertz CT molecular complexity index is 5490. The van der Waals surface area contributed by atoms with Crippen LogP contribution in [0.25, 0.3) is 74.3 Å². The number of hydrogen-bond acceptors (Lipinski definition) is 4. The molecule has 0 saturated carbocycles. The average Bonchev–Trinajstić information content (AvgIpc) is 1.16. The molecule has 0 spiro atoms. The summed E-state index contributed by atoms with van der Waals surface area (Å²) < 4.78 is 10.9. The minimum absolute atomic E-state index is 0.00183. The first kappa shape index (κ1) is 51.1. The second kappa shape index (κ2) is 19.4. The van der Waals surface area contributed by atoms with E-state index in [-0.39, 0.29) is 42.4 Å². The van der Waals surface area contributed by atoms with Crippen LogP contribution < -0.4 is 50.1 Å². The number of para-hydroxylation sites is 8. The van der Waals surface area contributed by atoms with Crippen molar-refractivity contribution >= 4 is 204 Å². The van der Waals surface area contributed by atoms with Gasteiger partial charge in [-0.25, -0.2) is 0 Å². The van der Waals surface area contributed by atoms with Crippen LogP contribution in [0.1, 0.15) is 0 Å². The zero-order chi connectivity index (χ0) is 59.9. The van der Waals surface area contributed by atoms with E-state index in [1.807, 2.05) is 0 Å². The third kappa shape index (κ3) is 7.01. The molecular weight excluding hydrogens is 1250 g/mol. The van der Waals surface area contributed by atoms with Gasteiger partial charge in [-0.3, -0.25) is 0 Å². The molecule has 0 bridgehead atoms. The standard InChI is InChI=1S/C82H50B2N6Se2/c1-5-25-51(26-6-1)85-69-50-70-64(49-63(69)83-77-71(85)45-55(87-65-39-19-13-33-57(65)58-34-14-20-40-66(58)87)47-73(77)89(53-29-9-3-10-30-53)79-61-37-17-23-43-75(61)91-81(79)83)84-78-72(86(70)52-27-7-2-8-28-52)46-56(88-67-41-21-15-35-59(67)60-36-16-22-42-68(60)88)48-74(78)90(54-31-11-4-12-32-54)80-62-38-18-24-44-76(62)92-82(80)84/h1-50H. The summed E-state index contributed by atoms with van der Waals surface area (Å²) >= 11 is -0.00365. The molecule has 17 aromatic rings. The first-order valence-electron chi connectivity index (χ1n) is 31.6. The summed E-state index contributed by atoms with van der Waals surface area (Å²) in [7, 11) is 0. The molecular formula is C82H50B2N6Se2. The van der Waals surface area contributed by atoms with E-state index in [1.165, 1.54) is 139 Å². The van der Waals surface area contributed by atoms with Gasteiger partial charge >= 0.3 is 548 Å². The van der Waals surface area contributed by atoms with Crippen LogP contribution in [0.5, 0.6) is 0 Å². The third-order valence-corrected chi connectivity index (χ3v) is 25.1. The van der Waals surface area contributed by atoms with Crippen molar-refractivity contribution < 1.29 is 0 Å². The normalized spacial score (nSPS) is 13.5. The Morgan fingerprint density at radius 2 is 0.511 bits per heavy atom. The Kier molecular flexibility index (Phi) is 10.8. The molecule has 0 atom stereocenters. The van der Waals surface area contributed by atoms with Gasteiger partial charge in [0.2, 0.25) is 0 Å². The summed E-state index contributed by atoms with van der Waals surface area (Å²) in [5.41, 5.74) is 26.7. The quantitative estimate of drug-likeness (QED) is 0.155. The van der Waals surface area contributed by atoms with Crippen molar-refractivity contribution in [3.8, 4) is 11.4 Å². The van der Waals surface area contributed by atoms with Crippen LogP contribution >= 0.6 is 0 Å². The molecule has 4 aromatic heterocycles. The minimum atomic E-state index is -0.0670. The molecule has 13 aromatic carbocycles. The fraction of sp³-hybridized carbons (Fsp3) is 0. The van der Waals surface area contributed by atoms with Crippen molar-refractivity contribution in [2.75, 3.05) is 19.6 Å². The topological polar surface area (TPSA) is 22.8 Å². The summed E-state index contributed by atoms with van der Waals surface area (Å²) in [5.74, 6) is 0. The molecule has 0 aliphatic carbocycles. The van der Waals surface area contributed by atoms with Crippen LogP contribution in [0.3, 0.4) is 0 Å². The molecule has 0 N–H and O–H groups in total. The number of nitrogens with zero attached hydrogens (tertiary/aromatic N) is 6. The van der Waals surface area contributed by atoms with Gasteiger partial charge in [-0.2, -0.15) is 0 Å². The average molecular weight is 1300 g/mol. The second-order valence-electron chi connectivity index (χ2n) is 24.7. The predicted octanol–water partition coefficient (Wildman–Crippen LogP) is 16.5. The first-order chi connectivity index (χ1) is 45.7. The van der Waals surface area contributed by atoms with Crippen LogP contribution in [-0.2, 0) is 0 Å². The van der Waals surface area contributed by atoms with E-state index < -0.39 is 0 Å². The summed E-state index contributed by atoms with van der Waals surface area (Å²) in [6.07, 6.45) is 0. The number of rotatable bonds is 6. The molecule has 6 nitrogen and oxygen atoms in total. The number of hydrogen-bond donors (Lipinski definition) is 0. The maximum atomic E-state index is 2.73. The van der Waals surface area contributed by atoms with Crippen molar-refractivity contribution in [1.29, 1.82) is 0 Å². The maximum absolute atomic E-state index is 2.73. The van der Waals surface area contributed by atoms with Gasteiger partial charge in [0.05, 0.1) is 0 Å². The van der Waals surface area contributed by atoms with E-state index in [1.54, 1.807) is 0 Å². The van der Waals surface area contributed by atoms with Gasteiger partial charge in [0.1, 0.15) is 0 Å². The molecule has 426 valence electrons. The molecule has 0 amide bonds. The van der Waals surface area contributed by atoms with E-state index in [4.69, 9.17) is 0 Å². The van der Waals surface area contributed by atoms with Crippen molar-refractivity contribution in [3.05, 3.63) is 303 Å². The van der Waals surface area contributed by atoms with E-state index in [2.05, 4.69) is 332 Å². The van der Waals surface area contributed by atoms with Crippen molar-refractivity contribution in [2.45, 2.75) is 0 Å². The van der Waals surface area contributed by atoms with E-state index in [0.717, 1.165) is 34.1 Å². The van der Waals surface area contributed by atoms with Crippen LogP contribution in [0.4, 0.5) is 68.2 Å². The van der Waals surface area contributed by atoms with Crippen LogP contribution in [0.2, 0.25) is 0 Å². The molecule has 10 heteroatoms. The number of anilines is 12. The van der Waals surface area contributed by atoms with Crippen LogP contribution in [0, 0.1) is 0 Å². The summed E-state index contributed by atoms with van der Waals surface area (Å²) in [5, 5.41) is 7.62. The molecule has 0 saturated heterocycles. The van der Waals surface area contributed by atoms with Crippen molar-refractivity contribution in [2.24, 2.45) is 0 Å². The Morgan fingerprint density at radius 3 is 0.859 bits per heavy atom. The van der Waals surface area contributed by atoms with Crippen molar-refractivity contribution in [3.63, 3.8) is 0 Å². The molecule has 92 heavy (non-hydrogen) atoms. The Balaban J connectivity index is 0.921. The predicted molar refractivity (Wildman–Crippen MR) is 392 cm³/mol. The molecule has 0 radical (unpaired) electrons. The Labute approximate surface area is 543 Å². The van der Waals surface area contributed by atoms with Crippen molar-refractivity contribution in [1.82, 2.24) is 9.13 Å². The molecule has 4 aliphatic heterocycles. The number of aromatic nitrogens is 2. The zero-order valence-corrected chi connectivity index (χ0v) is 52.9. The van der Waals surface area contributed by atoms with Crippen LogP contribution in [0.15, 0.2) is 303 Å². The number of benzene rings is 13. The number of fused-ring (bicyclic) bond motifs is 18. The summed E-state index contributed by atoms with van der Waals surface area (Å²) in [6, 6.07) is 115. The van der Waals surface area contributed by atoms with Crippen LogP contribution in [-0.4, -0.2) is 51.6 Å². The van der Waals surface area contributed by atoms with Gasteiger partial charge in [0.25, 0.3) is 0 Å².